The molecule has 0 unspecified atom stereocenters. The molecule has 7 N–H and O–H groups in total. The molecule has 3 aliphatic rings. The molecule has 2 aliphatic heterocycles. The van der Waals surface area contributed by atoms with Crippen molar-refractivity contribution in [3.63, 3.8) is 0 Å². The minimum absolute atomic E-state index is 0.0113. The number of hydrogen-bond donors (Lipinski definition) is 6. The predicted octanol–water partition coefficient (Wildman–Crippen LogP) is 4.44. The van der Waals surface area contributed by atoms with Crippen LogP contribution in [0.25, 0.3) is 32.7 Å². The summed E-state index contributed by atoms with van der Waals surface area (Å²) in [6, 6.07) is 6.69. The lowest BCUT2D eigenvalue weighted by Crippen LogP contribution is -2.54. The normalized spacial score (nSPS) is 16.6. The van der Waals surface area contributed by atoms with Crippen molar-refractivity contribution in [3.05, 3.63) is 102 Å². The van der Waals surface area contributed by atoms with Crippen LogP contribution in [0.15, 0.2) is 46.3 Å². The Labute approximate surface area is 474 Å². The van der Waals surface area contributed by atoms with E-state index in [1.165, 1.54) is 10.6 Å². The number of fused-ring (bicyclic) bond motifs is 5. The number of carbonyl (C=O) groups is 5. The van der Waals surface area contributed by atoms with E-state index < -0.39 is 64.7 Å². The van der Waals surface area contributed by atoms with E-state index >= 15 is 4.39 Å². The molecule has 0 spiro atoms. The predicted molar refractivity (Wildman–Crippen MR) is 298 cm³/mol. The molecule has 0 saturated carbocycles. The molecule has 444 valence electrons. The van der Waals surface area contributed by atoms with Crippen LogP contribution in [0.1, 0.15) is 109 Å². The van der Waals surface area contributed by atoms with Gasteiger partial charge in [-0.1, -0.05) is 25.9 Å². The van der Waals surface area contributed by atoms with Gasteiger partial charge >= 0.3 is 5.97 Å². The molecule has 4 aromatic rings. The highest BCUT2D eigenvalue weighted by atomic mass is 19.1. The molecule has 0 fully saturated rings. The van der Waals surface area contributed by atoms with Gasteiger partial charge in [-0.3, -0.25) is 24.0 Å². The summed E-state index contributed by atoms with van der Waals surface area (Å²) in [6.07, 6.45) is 2.20. The first-order valence-electron chi connectivity index (χ1n) is 27.9. The van der Waals surface area contributed by atoms with E-state index in [9.17, 15) is 33.9 Å². The first kappa shape index (κ1) is 62.7. The van der Waals surface area contributed by atoms with E-state index in [4.69, 9.17) is 49.4 Å². The number of benzene rings is 2. The summed E-state index contributed by atoms with van der Waals surface area (Å²) in [7, 11) is 0. The molecule has 0 saturated heterocycles. The number of nitrogens with one attached hydrogen (secondary N) is 4. The Bertz CT molecular complexity index is 3030. The summed E-state index contributed by atoms with van der Waals surface area (Å²) in [4.78, 5) is 89.2. The van der Waals surface area contributed by atoms with Crippen LogP contribution < -0.4 is 32.6 Å². The van der Waals surface area contributed by atoms with Crippen molar-refractivity contribution in [2.24, 2.45) is 16.8 Å². The lowest BCUT2D eigenvalue weighted by atomic mass is 9.81. The number of esters is 1. The fourth-order valence-corrected chi connectivity index (χ4v) is 10.2. The molecule has 4 amide bonds. The van der Waals surface area contributed by atoms with Crippen LogP contribution in [0.4, 0.5) is 10.1 Å². The van der Waals surface area contributed by atoms with Gasteiger partial charge in [0.1, 0.15) is 24.5 Å². The number of aryl methyl sites for hydroxylation is 1. The van der Waals surface area contributed by atoms with Crippen LogP contribution in [0, 0.1) is 18.7 Å². The number of carbonyl (C=O) groups excluding carboxylic acids is 5. The summed E-state index contributed by atoms with van der Waals surface area (Å²) in [5.74, 6) is -3.50. The molecule has 4 heterocycles. The van der Waals surface area contributed by atoms with Crippen molar-refractivity contribution in [1.29, 1.82) is 0 Å². The highest BCUT2D eigenvalue weighted by molar-refractivity contribution is 6.00. The smallest absolute Gasteiger partial charge is 0.343 e. The lowest BCUT2D eigenvalue weighted by molar-refractivity contribution is -0.172. The van der Waals surface area contributed by atoms with Gasteiger partial charge in [-0.25, -0.2) is 14.2 Å². The maximum Gasteiger partial charge on any atom is 0.343 e. The number of hydrogen-bond acceptors (Lipinski definition) is 17. The van der Waals surface area contributed by atoms with E-state index in [1.807, 2.05) is 0 Å². The second-order valence-electron chi connectivity index (χ2n) is 20.5. The number of nitrogens with two attached hydrogens (primary N) is 1. The van der Waals surface area contributed by atoms with Gasteiger partial charge in [-0.05, 0) is 110 Å². The summed E-state index contributed by atoms with van der Waals surface area (Å²) < 4.78 is 54.9. The molecule has 7 rings (SSSR count). The van der Waals surface area contributed by atoms with Crippen molar-refractivity contribution in [2.45, 2.75) is 110 Å². The quantitative estimate of drug-likeness (QED) is 0.0109. The highest BCUT2D eigenvalue weighted by Crippen LogP contribution is 2.46. The third-order valence-corrected chi connectivity index (χ3v) is 14.7. The average Bonchev–Trinajstić information content (AvgIpc) is 1.82. The molecule has 2 aromatic carbocycles. The monoisotopic (exact) mass is 1140 g/mol. The number of aliphatic hydroxyl groups is 1. The largest absolute Gasteiger partial charge is 0.458 e. The Morgan fingerprint density at radius 3 is 2.13 bits per heavy atom. The Balaban J connectivity index is 0.881. The Kier molecular flexibility index (Phi) is 23.2. The number of halogens is 1. The van der Waals surface area contributed by atoms with Crippen LogP contribution in [0.3, 0.4) is 0 Å². The maximum absolute atomic E-state index is 15.5. The third-order valence-electron chi connectivity index (χ3n) is 14.7. The van der Waals surface area contributed by atoms with Crippen molar-refractivity contribution in [1.82, 2.24) is 25.5 Å². The van der Waals surface area contributed by atoms with E-state index in [-0.39, 0.29) is 81.4 Å². The van der Waals surface area contributed by atoms with Crippen molar-refractivity contribution in [2.75, 3.05) is 97.7 Å². The number of aromatic nitrogens is 2. The second-order valence-corrected chi connectivity index (χ2v) is 20.5. The minimum atomic E-state index is -2.04. The zero-order valence-electron chi connectivity index (χ0n) is 47.0. The molecule has 24 nitrogen and oxygen atoms in total. The molecule has 2 aromatic heterocycles. The summed E-state index contributed by atoms with van der Waals surface area (Å²) in [6.45, 7) is 11.5. The zero-order chi connectivity index (χ0) is 58.8. The highest BCUT2D eigenvalue weighted by Gasteiger charge is 2.46. The van der Waals surface area contributed by atoms with E-state index in [0.717, 1.165) is 5.56 Å². The lowest BCUT2D eigenvalue weighted by Gasteiger charge is -2.31. The zero-order valence-corrected chi connectivity index (χ0v) is 47.0. The molecule has 0 radical (unpaired) electrons. The number of unbranched alkanes of at least 4 members (excludes halogenated alkanes) is 1. The number of cyclic esters (lactones) is 1. The number of anilines is 1. The van der Waals surface area contributed by atoms with E-state index in [2.05, 4.69) is 31.3 Å². The summed E-state index contributed by atoms with van der Waals surface area (Å²) in [5.41, 5.74) is 16.1. The standard InChI is InChI=1S/C57H75FN10O14/c1-5-57(75)41-30-46-51-39(32-68(46)55(73)40(41)33-82-56(57)74)49-43(14-13-38-35(4)42(58)31-45(63-51)48(38)49)64-52(70)36-9-11-37(12-10-36)62-53(71)44(8-6-7-16-59)65-54(72)50(34(2)3)66-47(69)15-18-76-20-22-78-24-26-80-28-29-81-27-25-79-23-21-77-19-17-61-67-60/h9-12,30-31,34,43-44,50,75H,5-8,13-29,32-33,59H2,1-4H3,(H,62,71)(H,64,70)(H,65,72)(H,66,69)/t43-,44-,50-,57-/m0/s1. The number of ether oxygens (including phenoxy) is 7. The van der Waals surface area contributed by atoms with Gasteiger partial charge in [0.2, 0.25) is 17.7 Å². The molecule has 1 aliphatic carbocycles. The van der Waals surface area contributed by atoms with Crippen LogP contribution in [0.2, 0.25) is 0 Å². The Hall–Kier alpha value is -6.93. The number of amides is 4. The second kappa shape index (κ2) is 30.4. The summed E-state index contributed by atoms with van der Waals surface area (Å²) >= 11 is 0. The SMILES string of the molecule is CC[C@@]1(O)C(=O)OCc2c1cc1n(c2=O)Cc2c-1nc1cc(F)c(C)c3c1c2[C@@H](NC(=O)c1ccc(NC(=O)[C@H](CCCCN)NC(=O)[C@@H](NC(=O)CCOCCOCCOCCOCCOCCOCCN=[N+]=[N-])C(C)C)cc1)CC3. The molecule has 25 heteroatoms. The Morgan fingerprint density at radius 2 is 1.52 bits per heavy atom. The fourth-order valence-electron chi connectivity index (χ4n) is 10.2. The van der Waals surface area contributed by atoms with Crippen LogP contribution in [-0.4, -0.2) is 149 Å². The number of nitrogens with zero attached hydrogens (tertiary/aromatic N) is 5. The number of pyridine rings is 2. The van der Waals surface area contributed by atoms with Gasteiger partial charge in [0.25, 0.3) is 11.5 Å². The van der Waals surface area contributed by atoms with Crippen molar-refractivity contribution < 1.29 is 66.6 Å². The molecule has 82 heavy (non-hydrogen) atoms. The minimum Gasteiger partial charge on any atom is -0.458 e. The number of azide groups is 1. The number of rotatable bonds is 34. The van der Waals surface area contributed by atoms with Crippen molar-refractivity contribution >= 4 is 46.2 Å². The third kappa shape index (κ3) is 15.6. The molecular weight excluding hydrogens is 1070 g/mol. The van der Waals surface area contributed by atoms with Crippen molar-refractivity contribution in [3.8, 4) is 11.4 Å². The first-order chi connectivity index (χ1) is 39.6. The van der Waals surface area contributed by atoms with E-state index in [1.54, 1.807) is 58.0 Å². The van der Waals surface area contributed by atoms with Gasteiger partial charge in [0, 0.05) is 51.7 Å². The maximum atomic E-state index is 15.5. The van der Waals surface area contributed by atoms with Crippen LogP contribution in [-0.2, 0) is 77.5 Å². The van der Waals surface area contributed by atoms with Gasteiger partial charge in [-0.2, -0.15) is 0 Å². The van der Waals surface area contributed by atoms with Crippen LogP contribution in [0.5, 0.6) is 0 Å². The topological polar surface area (TPSA) is 328 Å². The van der Waals surface area contributed by atoms with Gasteiger partial charge < -0.3 is 69.8 Å². The van der Waals surface area contributed by atoms with Crippen LogP contribution >= 0.6 is 0 Å². The molecular formula is C57H75FN10O14. The first-order valence-corrected chi connectivity index (χ1v) is 27.9. The van der Waals surface area contributed by atoms with Gasteiger partial charge in [0.15, 0.2) is 5.60 Å². The van der Waals surface area contributed by atoms with Gasteiger partial charge in [0.05, 0.1) is 114 Å². The Morgan fingerprint density at radius 1 is 0.890 bits per heavy atom. The molecule has 4 atom stereocenters. The van der Waals surface area contributed by atoms with Gasteiger partial charge in [-0.15, -0.1) is 0 Å². The van der Waals surface area contributed by atoms with E-state index in [0.29, 0.717) is 136 Å². The molecule has 0 bridgehead atoms. The fraction of sp³-hybridized carbons (Fsp3) is 0.561. The average molecular weight is 1140 g/mol. The summed E-state index contributed by atoms with van der Waals surface area (Å²) in [5, 5.41) is 27.1.